The van der Waals surface area contributed by atoms with Crippen molar-refractivity contribution >= 4 is 5.91 Å². The van der Waals surface area contributed by atoms with Gasteiger partial charge in [-0.15, -0.1) is 0 Å². The van der Waals surface area contributed by atoms with E-state index in [1.54, 1.807) is 6.92 Å². The lowest BCUT2D eigenvalue weighted by molar-refractivity contribution is -0.122. The van der Waals surface area contributed by atoms with Gasteiger partial charge in [0.2, 0.25) is 5.91 Å². The molecule has 0 saturated heterocycles. The minimum atomic E-state index is -0.188. The maximum Gasteiger partial charge on any atom is 0.221 e. The summed E-state index contributed by atoms with van der Waals surface area (Å²) in [7, 11) is 0. The molecule has 0 fully saturated rings. The lowest BCUT2D eigenvalue weighted by Crippen LogP contribution is -2.40. The van der Waals surface area contributed by atoms with Crippen LogP contribution in [0.1, 0.15) is 27.2 Å². The highest BCUT2D eigenvalue weighted by atomic mass is 16.3. The number of carbonyl (C=O) groups excluding carboxylic acids is 1. The number of nitrogens with one attached hydrogen (secondary N) is 1. The van der Waals surface area contributed by atoms with Crippen LogP contribution in [0.15, 0.2) is 0 Å². The molecule has 0 heterocycles. The highest BCUT2D eigenvalue weighted by Crippen LogP contribution is 2.02. The van der Waals surface area contributed by atoms with Gasteiger partial charge in [-0.3, -0.25) is 4.79 Å². The molecule has 4 N–H and O–H groups in total. The SMILES string of the molecule is CC(C)C(N)CC(=O)N[C@@H](C)CO. The minimum Gasteiger partial charge on any atom is -0.394 e. The summed E-state index contributed by atoms with van der Waals surface area (Å²) >= 11 is 0. The van der Waals surface area contributed by atoms with Crippen LogP contribution >= 0.6 is 0 Å². The Balaban J connectivity index is 3.74. The lowest BCUT2D eigenvalue weighted by atomic mass is 10.0. The number of amides is 1. The van der Waals surface area contributed by atoms with Crippen LogP contribution in [-0.2, 0) is 4.79 Å². The number of aliphatic hydroxyl groups excluding tert-OH is 1. The Labute approximate surface area is 79.5 Å². The molecule has 0 aliphatic heterocycles. The summed E-state index contributed by atoms with van der Waals surface area (Å²) in [6, 6.07) is -0.294. The quantitative estimate of drug-likeness (QED) is 0.562. The van der Waals surface area contributed by atoms with E-state index in [0.29, 0.717) is 12.3 Å². The molecule has 4 heteroatoms. The number of nitrogens with two attached hydrogens (primary N) is 1. The first kappa shape index (κ1) is 12.4. The van der Waals surface area contributed by atoms with E-state index in [4.69, 9.17) is 10.8 Å². The summed E-state index contributed by atoms with van der Waals surface area (Å²) in [5.41, 5.74) is 5.71. The number of hydrogen-bond acceptors (Lipinski definition) is 3. The first-order valence-electron chi connectivity index (χ1n) is 4.63. The van der Waals surface area contributed by atoms with Crippen molar-refractivity contribution in [3.05, 3.63) is 0 Å². The Bertz CT molecular complexity index is 160. The Morgan fingerprint density at radius 2 is 2.00 bits per heavy atom. The van der Waals surface area contributed by atoms with E-state index in [-0.39, 0.29) is 24.6 Å². The summed E-state index contributed by atoms with van der Waals surface area (Å²) in [4.78, 5) is 11.2. The third-order valence-corrected chi connectivity index (χ3v) is 1.96. The summed E-state index contributed by atoms with van der Waals surface area (Å²) in [6.45, 7) is 5.67. The number of aliphatic hydroxyl groups is 1. The van der Waals surface area contributed by atoms with E-state index in [0.717, 1.165) is 0 Å². The number of hydrogen-bond donors (Lipinski definition) is 3. The molecule has 0 saturated carbocycles. The smallest absolute Gasteiger partial charge is 0.221 e. The van der Waals surface area contributed by atoms with Gasteiger partial charge in [-0.2, -0.15) is 0 Å². The predicted molar refractivity (Wildman–Crippen MR) is 52.1 cm³/mol. The van der Waals surface area contributed by atoms with Crippen LogP contribution in [0.25, 0.3) is 0 Å². The Morgan fingerprint density at radius 3 is 2.38 bits per heavy atom. The largest absolute Gasteiger partial charge is 0.394 e. The molecule has 0 aromatic carbocycles. The molecular formula is C9H20N2O2. The molecule has 13 heavy (non-hydrogen) atoms. The van der Waals surface area contributed by atoms with Gasteiger partial charge in [0, 0.05) is 18.5 Å². The average molecular weight is 188 g/mol. The second-order valence-corrected chi connectivity index (χ2v) is 3.76. The van der Waals surface area contributed by atoms with E-state index in [9.17, 15) is 4.79 Å². The monoisotopic (exact) mass is 188 g/mol. The van der Waals surface area contributed by atoms with E-state index < -0.39 is 0 Å². The van der Waals surface area contributed by atoms with Crippen LogP contribution in [0.4, 0.5) is 0 Å². The molecule has 0 radical (unpaired) electrons. The first-order valence-corrected chi connectivity index (χ1v) is 4.63. The van der Waals surface area contributed by atoms with Gasteiger partial charge in [0.1, 0.15) is 0 Å². The van der Waals surface area contributed by atoms with Crippen LogP contribution in [0.3, 0.4) is 0 Å². The van der Waals surface area contributed by atoms with E-state index in [2.05, 4.69) is 5.32 Å². The fourth-order valence-electron chi connectivity index (χ4n) is 0.829. The van der Waals surface area contributed by atoms with Gasteiger partial charge in [0.25, 0.3) is 0 Å². The molecule has 0 rings (SSSR count). The van der Waals surface area contributed by atoms with Crippen molar-refractivity contribution in [3.63, 3.8) is 0 Å². The zero-order valence-corrected chi connectivity index (χ0v) is 8.58. The van der Waals surface area contributed by atoms with Crippen LogP contribution < -0.4 is 11.1 Å². The maximum atomic E-state index is 11.2. The van der Waals surface area contributed by atoms with Crippen molar-refractivity contribution in [3.8, 4) is 0 Å². The first-order chi connectivity index (χ1) is 5.97. The molecule has 0 aromatic heterocycles. The van der Waals surface area contributed by atoms with E-state index >= 15 is 0 Å². The Kier molecular flexibility index (Phi) is 5.66. The second-order valence-electron chi connectivity index (χ2n) is 3.76. The van der Waals surface area contributed by atoms with Crippen LogP contribution in [-0.4, -0.2) is 29.7 Å². The summed E-state index contributed by atoms with van der Waals surface area (Å²) in [5.74, 6) is 0.206. The standard InChI is InChI=1S/C9H20N2O2/c1-6(2)8(10)4-9(13)11-7(3)5-12/h6-8,12H,4-5,10H2,1-3H3,(H,11,13)/t7-,8?/m0/s1. The van der Waals surface area contributed by atoms with Crippen molar-refractivity contribution in [2.75, 3.05) is 6.61 Å². The molecule has 1 unspecified atom stereocenters. The molecule has 2 atom stereocenters. The predicted octanol–water partition coefficient (Wildman–Crippen LogP) is -0.143. The molecule has 0 aliphatic rings. The maximum absolute atomic E-state index is 11.2. The van der Waals surface area contributed by atoms with Crippen LogP contribution in [0.5, 0.6) is 0 Å². The highest BCUT2D eigenvalue weighted by Gasteiger charge is 2.13. The van der Waals surface area contributed by atoms with Gasteiger partial charge >= 0.3 is 0 Å². The van der Waals surface area contributed by atoms with Gasteiger partial charge < -0.3 is 16.2 Å². The summed E-state index contributed by atoms with van der Waals surface area (Å²) in [6.07, 6.45) is 0.321. The van der Waals surface area contributed by atoms with Crippen molar-refractivity contribution in [2.24, 2.45) is 11.7 Å². The summed E-state index contributed by atoms with van der Waals surface area (Å²) in [5, 5.41) is 11.3. The molecule has 0 spiro atoms. The third-order valence-electron chi connectivity index (χ3n) is 1.96. The van der Waals surface area contributed by atoms with Gasteiger partial charge in [0.15, 0.2) is 0 Å². The third kappa shape index (κ3) is 5.60. The molecule has 0 aliphatic carbocycles. The van der Waals surface area contributed by atoms with Crippen molar-refractivity contribution in [2.45, 2.75) is 39.3 Å². The van der Waals surface area contributed by atoms with Crippen molar-refractivity contribution in [1.29, 1.82) is 0 Å². The molecule has 0 aromatic rings. The van der Waals surface area contributed by atoms with Gasteiger partial charge in [-0.05, 0) is 12.8 Å². The zero-order valence-electron chi connectivity index (χ0n) is 8.58. The highest BCUT2D eigenvalue weighted by molar-refractivity contribution is 5.76. The molecular weight excluding hydrogens is 168 g/mol. The molecule has 0 bridgehead atoms. The van der Waals surface area contributed by atoms with E-state index in [1.807, 2.05) is 13.8 Å². The van der Waals surface area contributed by atoms with Crippen LogP contribution in [0.2, 0.25) is 0 Å². The normalized spacial score (nSPS) is 15.5. The van der Waals surface area contributed by atoms with Gasteiger partial charge in [-0.1, -0.05) is 13.8 Å². The van der Waals surface area contributed by atoms with Crippen molar-refractivity contribution < 1.29 is 9.90 Å². The number of rotatable bonds is 5. The lowest BCUT2D eigenvalue weighted by Gasteiger charge is -2.16. The molecule has 78 valence electrons. The second kappa shape index (κ2) is 5.94. The topological polar surface area (TPSA) is 75.4 Å². The molecule has 1 amide bonds. The van der Waals surface area contributed by atoms with Crippen molar-refractivity contribution in [1.82, 2.24) is 5.32 Å². The Hall–Kier alpha value is -0.610. The fraction of sp³-hybridized carbons (Fsp3) is 0.889. The number of carbonyl (C=O) groups is 1. The molecule has 4 nitrogen and oxygen atoms in total. The van der Waals surface area contributed by atoms with E-state index in [1.165, 1.54) is 0 Å². The van der Waals surface area contributed by atoms with Crippen LogP contribution in [0, 0.1) is 5.92 Å². The summed E-state index contributed by atoms with van der Waals surface area (Å²) < 4.78 is 0. The van der Waals surface area contributed by atoms with Gasteiger partial charge in [-0.25, -0.2) is 0 Å². The minimum absolute atomic E-state index is 0.0390. The zero-order chi connectivity index (χ0) is 10.4. The Morgan fingerprint density at radius 1 is 1.46 bits per heavy atom. The fourth-order valence-corrected chi connectivity index (χ4v) is 0.829. The van der Waals surface area contributed by atoms with Gasteiger partial charge in [0.05, 0.1) is 6.61 Å². The average Bonchev–Trinajstić information content (AvgIpc) is 2.03.